The number of benzene rings is 1. The molecule has 1 aromatic rings. The molecular weight excluding hydrogens is 192 g/mol. The lowest BCUT2D eigenvalue weighted by atomic mass is 9.78. The molecule has 0 heterocycles. The van der Waals surface area contributed by atoms with Gasteiger partial charge < -0.3 is 0 Å². The Labute approximate surface area is 100 Å². The van der Waals surface area contributed by atoms with Gasteiger partial charge in [-0.25, -0.2) is 0 Å². The first-order valence-corrected chi connectivity index (χ1v) is 6.90. The van der Waals surface area contributed by atoms with Crippen molar-refractivity contribution in [1.82, 2.24) is 0 Å². The normalized spacial score (nSPS) is 19.6. The Morgan fingerprint density at radius 3 is 2.25 bits per heavy atom. The van der Waals surface area contributed by atoms with E-state index in [9.17, 15) is 0 Å². The SMILES string of the molecule is CCc1ccc(C(C)C2CCCCC2)cc1. The number of aryl methyl sites for hydroxylation is 1. The first-order chi connectivity index (χ1) is 7.81. The molecule has 1 fully saturated rings. The predicted octanol–water partition coefficient (Wildman–Crippen LogP) is 4.93. The summed E-state index contributed by atoms with van der Waals surface area (Å²) < 4.78 is 0. The van der Waals surface area contributed by atoms with E-state index in [1.54, 1.807) is 5.56 Å². The number of hydrogen-bond donors (Lipinski definition) is 0. The van der Waals surface area contributed by atoms with E-state index in [-0.39, 0.29) is 0 Å². The Balaban J connectivity index is 2.04. The average Bonchev–Trinajstić information content (AvgIpc) is 2.39. The molecule has 0 bridgehead atoms. The van der Waals surface area contributed by atoms with Gasteiger partial charge in [0, 0.05) is 0 Å². The lowest BCUT2D eigenvalue weighted by Crippen LogP contribution is -2.13. The highest BCUT2D eigenvalue weighted by Gasteiger charge is 2.20. The summed E-state index contributed by atoms with van der Waals surface area (Å²) in [6.07, 6.45) is 8.38. The van der Waals surface area contributed by atoms with Gasteiger partial charge in [0.2, 0.25) is 0 Å². The second-order valence-electron chi connectivity index (χ2n) is 5.28. The van der Waals surface area contributed by atoms with Crippen molar-refractivity contribution in [3.63, 3.8) is 0 Å². The molecule has 0 aliphatic heterocycles. The van der Waals surface area contributed by atoms with Gasteiger partial charge in [-0.15, -0.1) is 0 Å². The van der Waals surface area contributed by atoms with Gasteiger partial charge in [0.15, 0.2) is 0 Å². The molecule has 88 valence electrons. The number of hydrogen-bond acceptors (Lipinski definition) is 0. The fraction of sp³-hybridized carbons (Fsp3) is 0.625. The van der Waals surface area contributed by atoms with Crippen LogP contribution in [0, 0.1) is 5.92 Å². The molecule has 0 spiro atoms. The second-order valence-corrected chi connectivity index (χ2v) is 5.28. The molecular formula is C16H24. The summed E-state index contributed by atoms with van der Waals surface area (Å²) >= 11 is 0. The van der Waals surface area contributed by atoms with Crippen LogP contribution in [-0.2, 0) is 6.42 Å². The van der Waals surface area contributed by atoms with Crippen LogP contribution < -0.4 is 0 Å². The Morgan fingerprint density at radius 1 is 1.06 bits per heavy atom. The van der Waals surface area contributed by atoms with Gasteiger partial charge in [-0.1, -0.05) is 57.4 Å². The van der Waals surface area contributed by atoms with Crippen molar-refractivity contribution in [3.05, 3.63) is 35.4 Å². The molecule has 0 saturated heterocycles. The van der Waals surface area contributed by atoms with E-state index in [0.717, 1.165) is 18.3 Å². The molecule has 0 radical (unpaired) electrons. The molecule has 0 nitrogen and oxygen atoms in total. The van der Waals surface area contributed by atoms with Crippen molar-refractivity contribution < 1.29 is 0 Å². The lowest BCUT2D eigenvalue weighted by molar-refractivity contribution is 0.316. The summed E-state index contributed by atoms with van der Waals surface area (Å²) in [7, 11) is 0. The highest BCUT2D eigenvalue weighted by Crippen LogP contribution is 2.35. The van der Waals surface area contributed by atoms with Gasteiger partial charge in [0.25, 0.3) is 0 Å². The highest BCUT2D eigenvalue weighted by atomic mass is 14.3. The van der Waals surface area contributed by atoms with E-state index in [1.807, 2.05) is 0 Å². The minimum Gasteiger partial charge on any atom is -0.0613 e. The van der Waals surface area contributed by atoms with Gasteiger partial charge in [0.05, 0.1) is 0 Å². The third-order valence-electron chi connectivity index (χ3n) is 4.27. The van der Waals surface area contributed by atoms with E-state index in [0.29, 0.717) is 0 Å². The largest absolute Gasteiger partial charge is 0.0613 e. The predicted molar refractivity (Wildman–Crippen MR) is 70.8 cm³/mol. The molecule has 0 aromatic heterocycles. The summed E-state index contributed by atoms with van der Waals surface area (Å²) in [6, 6.07) is 9.29. The minimum atomic E-state index is 0.756. The Kier molecular flexibility index (Phi) is 4.04. The zero-order chi connectivity index (χ0) is 11.4. The van der Waals surface area contributed by atoms with E-state index >= 15 is 0 Å². The van der Waals surface area contributed by atoms with Crippen LogP contribution >= 0.6 is 0 Å². The molecule has 0 N–H and O–H groups in total. The van der Waals surface area contributed by atoms with E-state index in [1.165, 1.54) is 37.7 Å². The first kappa shape index (κ1) is 11.7. The molecule has 0 heteroatoms. The first-order valence-electron chi connectivity index (χ1n) is 6.90. The van der Waals surface area contributed by atoms with Crippen LogP contribution in [0.15, 0.2) is 24.3 Å². The number of rotatable bonds is 3. The van der Waals surface area contributed by atoms with E-state index in [4.69, 9.17) is 0 Å². The summed E-state index contributed by atoms with van der Waals surface area (Å²) in [6.45, 7) is 4.64. The Morgan fingerprint density at radius 2 is 1.69 bits per heavy atom. The standard InChI is InChI=1S/C16H24/c1-3-14-9-11-16(12-10-14)13(2)15-7-5-4-6-8-15/h9-13,15H,3-8H2,1-2H3. The summed E-state index contributed by atoms with van der Waals surface area (Å²) in [5, 5.41) is 0. The quantitative estimate of drug-likeness (QED) is 0.672. The maximum Gasteiger partial charge on any atom is -0.0162 e. The fourth-order valence-corrected chi connectivity index (χ4v) is 2.96. The molecule has 16 heavy (non-hydrogen) atoms. The minimum absolute atomic E-state index is 0.756. The van der Waals surface area contributed by atoms with E-state index < -0.39 is 0 Å². The van der Waals surface area contributed by atoms with Crippen LogP contribution in [0.5, 0.6) is 0 Å². The van der Waals surface area contributed by atoms with Crippen molar-refractivity contribution in [2.45, 2.75) is 58.3 Å². The molecule has 1 aliphatic carbocycles. The van der Waals surface area contributed by atoms with E-state index in [2.05, 4.69) is 38.1 Å². The zero-order valence-electron chi connectivity index (χ0n) is 10.7. The Bertz CT molecular complexity index is 303. The highest BCUT2D eigenvalue weighted by molar-refractivity contribution is 5.25. The van der Waals surface area contributed by atoms with Crippen LogP contribution in [0.1, 0.15) is 63.0 Å². The maximum atomic E-state index is 2.41. The average molecular weight is 216 g/mol. The van der Waals surface area contributed by atoms with Crippen LogP contribution in [0.25, 0.3) is 0 Å². The summed E-state index contributed by atoms with van der Waals surface area (Å²) in [5.41, 5.74) is 3.00. The fourth-order valence-electron chi connectivity index (χ4n) is 2.96. The van der Waals surface area contributed by atoms with Crippen molar-refractivity contribution >= 4 is 0 Å². The molecule has 1 aromatic carbocycles. The zero-order valence-corrected chi connectivity index (χ0v) is 10.7. The summed E-state index contributed by atoms with van der Waals surface area (Å²) in [5.74, 6) is 1.69. The van der Waals surface area contributed by atoms with Gasteiger partial charge in [-0.2, -0.15) is 0 Å². The maximum absolute atomic E-state index is 2.41. The third-order valence-corrected chi connectivity index (χ3v) is 4.27. The van der Waals surface area contributed by atoms with Crippen molar-refractivity contribution in [1.29, 1.82) is 0 Å². The Hall–Kier alpha value is -0.780. The van der Waals surface area contributed by atoms with Crippen molar-refractivity contribution in [2.75, 3.05) is 0 Å². The van der Waals surface area contributed by atoms with Crippen LogP contribution in [0.4, 0.5) is 0 Å². The molecule has 1 aliphatic rings. The van der Waals surface area contributed by atoms with Crippen molar-refractivity contribution in [2.24, 2.45) is 5.92 Å². The van der Waals surface area contributed by atoms with Gasteiger partial charge in [-0.3, -0.25) is 0 Å². The topological polar surface area (TPSA) is 0 Å². The van der Waals surface area contributed by atoms with Crippen molar-refractivity contribution in [3.8, 4) is 0 Å². The second kappa shape index (κ2) is 5.52. The molecule has 1 saturated carbocycles. The molecule has 0 amide bonds. The molecule has 2 rings (SSSR count). The monoisotopic (exact) mass is 216 g/mol. The lowest BCUT2D eigenvalue weighted by Gasteiger charge is -2.28. The van der Waals surface area contributed by atoms with Gasteiger partial charge >= 0.3 is 0 Å². The molecule has 1 unspecified atom stereocenters. The summed E-state index contributed by atoms with van der Waals surface area (Å²) in [4.78, 5) is 0. The van der Waals surface area contributed by atoms with Crippen LogP contribution in [0.3, 0.4) is 0 Å². The smallest absolute Gasteiger partial charge is 0.0162 e. The van der Waals surface area contributed by atoms with Crippen LogP contribution in [0.2, 0.25) is 0 Å². The van der Waals surface area contributed by atoms with Gasteiger partial charge in [0.1, 0.15) is 0 Å². The van der Waals surface area contributed by atoms with Crippen LogP contribution in [-0.4, -0.2) is 0 Å². The van der Waals surface area contributed by atoms with Gasteiger partial charge in [-0.05, 0) is 42.2 Å². The third kappa shape index (κ3) is 2.66. The molecule has 1 atom stereocenters.